The first-order valence-electron chi connectivity index (χ1n) is 6.90. The van der Waals surface area contributed by atoms with Crippen LogP contribution < -0.4 is 5.32 Å². The second-order valence-electron chi connectivity index (χ2n) is 4.64. The van der Waals surface area contributed by atoms with Gasteiger partial charge in [0.2, 0.25) is 0 Å². The Labute approximate surface area is 128 Å². The number of carbonyl (C=O) groups is 3. The molecule has 2 amide bonds. The van der Waals surface area contributed by atoms with Crippen molar-refractivity contribution in [3.8, 4) is 0 Å². The van der Waals surface area contributed by atoms with E-state index in [1.807, 2.05) is 0 Å². The second-order valence-corrected chi connectivity index (χ2v) is 4.64. The molecule has 0 saturated carbocycles. The molecule has 120 valence electrons. The number of amides is 2. The van der Waals surface area contributed by atoms with Gasteiger partial charge in [-0.2, -0.15) is 0 Å². The van der Waals surface area contributed by atoms with Crippen molar-refractivity contribution < 1.29 is 24.2 Å². The van der Waals surface area contributed by atoms with Crippen LogP contribution >= 0.6 is 0 Å². The zero-order valence-corrected chi connectivity index (χ0v) is 12.7. The molecule has 1 aromatic rings. The third-order valence-corrected chi connectivity index (χ3v) is 2.92. The maximum atomic E-state index is 11.7. The van der Waals surface area contributed by atoms with Crippen LogP contribution in [0, 0.1) is 0 Å². The highest BCUT2D eigenvalue weighted by molar-refractivity contribution is 5.89. The van der Waals surface area contributed by atoms with Crippen LogP contribution in [0.25, 0.3) is 0 Å². The van der Waals surface area contributed by atoms with Gasteiger partial charge < -0.3 is 20.1 Å². The first-order chi connectivity index (χ1) is 10.4. The maximum absolute atomic E-state index is 11.7. The van der Waals surface area contributed by atoms with Crippen LogP contribution in [0.3, 0.4) is 0 Å². The Bertz CT molecular complexity index is 527. The van der Waals surface area contributed by atoms with E-state index >= 15 is 0 Å². The monoisotopic (exact) mass is 308 g/mol. The van der Waals surface area contributed by atoms with Gasteiger partial charge in [0.1, 0.15) is 0 Å². The van der Waals surface area contributed by atoms with Gasteiger partial charge in [-0.15, -0.1) is 0 Å². The number of carboxylic acid groups (broad SMARTS) is 1. The standard InChI is InChI=1S/C15H20N2O5/c1-3-22-14(20)12-6-4-11(5-7-12)10-16-15(21)17(2)9-8-13(18)19/h4-7H,3,8-10H2,1-2H3,(H,16,21)(H,18,19). The average Bonchev–Trinajstić information content (AvgIpc) is 2.50. The first kappa shape index (κ1) is 17.5. The van der Waals surface area contributed by atoms with Crippen LogP contribution in [-0.4, -0.2) is 48.2 Å². The van der Waals surface area contributed by atoms with Gasteiger partial charge in [-0.3, -0.25) is 4.79 Å². The molecule has 22 heavy (non-hydrogen) atoms. The zero-order valence-electron chi connectivity index (χ0n) is 12.7. The van der Waals surface area contributed by atoms with Gasteiger partial charge in [-0.25, -0.2) is 9.59 Å². The number of carbonyl (C=O) groups excluding carboxylic acids is 2. The van der Waals surface area contributed by atoms with Gasteiger partial charge in [-0.05, 0) is 24.6 Å². The molecule has 0 aromatic heterocycles. The number of nitrogens with one attached hydrogen (secondary N) is 1. The molecule has 1 rings (SSSR count). The molecule has 2 N–H and O–H groups in total. The van der Waals surface area contributed by atoms with E-state index in [1.165, 1.54) is 11.9 Å². The SMILES string of the molecule is CCOC(=O)c1ccc(CNC(=O)N(C)CCC(=O)O)cc1. The Morgan fingerprint density at radius 3 is 2.41 bits per heavy atom. The van der Waals surface area contributed by atoms with Crippen LogP contribution in [0.5, 0.6) is 0 Å². The lowest BCUT2D eigenvalue weighted by atomic mass is 10.1. The van der Waals surface area contributed by atoms with Gasteiger partial charge in [-0.1, -0.05) is 12.1 Å². The number of urea groups is 1. The normalized spacial score (nSPS) is 9.91. The number of rotatable bonds is 7. The average molecular weight is 308 g/mol. The van der Waals surface area contributed by atoms with Crippen molar-refractivity contribution in [3.63, 3.8) is 0 Å². The molecule has 0 unspecified atom stereocenters. The molecule has 0 spiro atoms. The second kappa shape index (κ2) is 8.66. The third kappa shape index (κ3) is 5.82. The minimum absolute atomic E-state index is 0.0991. The summed E-state index contributed by atoms with van der Waals surface area (Å²) in [6.45, 7) is 2.49. The number of hydrogen-bond donors (Lipinski definition) is 2. The molecule has 0 fully saturated rings. The fraction of sp³-hybridized carbons (Fsp3) is 0.400. The minimum Gasteiger partial charge on any atom is -0.481 e. The van der Waals surface area contributed by atoms with E-state index in [1.54, 1.807) is 31.2 Å². The molecular formula is C15H20N2O5. The molecule has 0 aliphatic carbocycles. The highest BCUT2D eigenvalue weighted by atomic mass is 16.5. The van der Waals surface area contributed by atoms with E-state index in [0.717, 1.165) is 5.56 Å². The van der Waals surface area contributed by atoms with Crippen molar-refractivity contribution in [2.45, 2.75) is 19.9 Å². The van der Waals surface area contributed by atoms with Crippen molar-refractivity contribution in [2.24, 2.45) is 0 Å². The lowest BCUT2D eigenvalue weighted by Crippen LogP contribution is -2.37. The molecule has 0 heterocycles. The Balaban J connectivity index is 2.45. The van der Waals surface area contributed by atoms with E-state index < -0.39 is 5.97 Å². The van der Waals surface area contributed by atoms with E-state index in [2.05, 4.69) is 5.32 Å². The predicted molar refractivity (Wildman–Crippen MR) is 79.5 cm³/mol. The molecule has 0 aliphatic rings. The molecule has 7 heteroatoms. The number of nitrogens with zero attached hydrogens (tertiary/aromatic N) is 1. The highest BCUT2D eigenvalue weighted by Gasteiger charge is 2.10. The van der Waals surface area contributed by atoms with E-state index in [9.17, 15) is 14.4 Å². The van der Waals surface area contributed by atoms with Crippen molar-refractivity contribution >= 4 is 18.0 Å². The van der Waals surface area contributed by atoms with Crippen molar-refractivity contribution in [2.75, 3.05) is 20.2 Å². The maximum Gasteiger partial charge on any atom is 0.338 e. The van der Waals surface area contributed by atoms with Gasteiger partial charge in [0.25, 0.3) is 0 Å². The molecule has 7 nitrogen and oxygen atoms in total. The number of carboxylic acids is 1. The molecule has 1 aromatic carbocycles. The molecule has 0 radical (unpaired) electrons. The molecule has 0 bridgehead atoms. The van der Waals surface area contributed by atoms with Gasteiger partial charge in [0.05, 0.1) is 18.6 Å². The Morgan fingerprint density at radius 1 is 1.23 bits per heavy atom. The first-order valence-corrected chi connectivity index (χ1v) is 6.90. The number of aliphatic carboxylic acids is 1. The molecule has 0 aliphatic heterocycles. The van der Waals surface area contributed by atoms with E-state index in [-0.39, 0.29) is 25.0 Å². The minimum atomic E-state index is -0.950. The summed E-state index contributed by atoms with van der Waals surface area (Å²) < 4.78 is 4.88. The fourth-order valence-corrected chi connectivity index (χ4v) is 1.65. The Kier molecular flexibility index (Phi) is 6.88. The summed E-state index contributed by atoms with van der Waals surface area (Å²) in [4.78, 5) is 35.0. The van der Waals surface area contributed by atoms with Crippen LogP contribution in [0.1, 0.15) is 29.3 Å². The zero-order chi connectivity index (χ0) is 16.5. The van der Waals surface area contributed by atoms with Crippen LogP contribution in [0.4, 0.5) is 4.79 Å². The predicted octanol–water partition coefficient (Wildman–Crippen LogP) is 1.48. The largest absolute Gasteiger partial charge is 0.481 e. The number of esters is 1. The molecule has 0 saturated heterocycles. The van der Waals surface area contributed by atoms with Crippen molar-refractivity contribution in [3.05, 3.63) is 35.4 Å². The van der Waals surface area contributed by atoms with Crippen LogP contribution in [-0.2, 0) is 16.1 Å². The summed E-state index contributed by atoms with van der Waals surface area (Å²) in [5.74, 6) is -1.33. The summed E-state index contributed by atoms with van der Waals surface area (Å²) in [5.41, 5.74) is 1.28. The van der Waals surface area contributed by atoms with Crippen molar-refractivity contribution in [1.29, 1.82) is 0 Å². The van der Waals surface area contributed by atoms with Crippen molar-refractivity contribution in [1.82, 2.24) is 10.2 Å². The van der Waals surface area contributed by atoms with Gasteiger partial charge in [0.15, 0.2) is 0 Å². The summed E-state index contributed by atoms with van der Waals surface area (Å²) in [6, 6.07) is 6.37. The van der Waals surface area contributed by atoms with Crippen LogP contribution in [0.15, 0.2) is 24.3 Å². The van der Waals surface area contributed by atoms with E-state index in [0.29, 0.717) is 18.7 Å². The summed E-state index contributed by atoms with van der Waals surface area (Å²) in [6.07, 6.45) is -0.0991. The fourth-order valence-electron chi connectivity index (χ4n) is 1.65. The summed E-state index contributed by atoms with van der Waals surface area (Å²) >= 11 is 0. The summed E-state index contributed by atoms with van der Waals surface area (Å²) in [7, 11) is 1.53. The summed E-state index contributed by atoms with van der Waals surface area (Å²) in [5, 5.41) is 11.2. The number of hydrogen-bond acceptors (Lipinski definition) is 4. The highest BCUT2D eigenvalue weighted by Crippen LogP contribution is 2.06. The van der Waals surface area contributed by atoms with Crippen LogP contribution in [0.2, 0.25) is 0 Å². The lowest BCUT2D eigenvalue weighted by molar-refractivity contribution is -0.137. The Hall–Kier alpha value is -2.57. The smallest absolute Gasteiger partial charge is 0.338 e. The number of benzene rings is 1. The molecular weight excluding hydrogens is 288 g/mol. The third-order valence-electron chi connectivity index (χ3n) is 2.92. The number of ether oxygens (including phenoxy) is 1. The van der Waals surface area contributed by atoms with Gasteiger partial charge in [0, 0.05) is 20.1 Å². The Morgan fingerprint density at radius 2 is 1.86 bits per heavy atom. The lowest BCUT2D eigenvalue weighted by Gasteiger charge is -2.17. The van der Waals surface area contributed by atoms with E-state index in [4.69, 9.17) is 9.84 Å². The molecule has 0 atom stereocenters. The van der Waals surface area contributed by atoms with Gasteiger partial charge >= 0.3 is 18.0 Å². The quantitative estimate of drug-likeness (QED) is 0.744. The topological polar surface area (TPSA) is 95.9 Å².